The second-order valence-electron chi connectivity index (χ2n) is 4.87. The maximum atomic E-state index is 3.83. The summed E-state index contributed by atoms with van der Waals surface area (Å²) < 4.78 is 0. The zero-order chi connectivity index (χ0) is 11.9. The van der Waals surface area contributed by atoms with Gasteiger partial charge in [0.1, 0.15) is 0 Å². The SMILES string of the molecule is C=C(C)C(C)(C)C.CCc1ccccc1. The van der Waals surface area contributed by atoms with Gasteiger partial charge in [-0.25, -0.2) is 0 Å². The predicted molar refractivity (Wildman–Crippen MR) is 70.1 cm³/mol. The van der Waals surface area contributed by atoms with Crippen LogP contribution in [0.25, 0.3) is 0 Å². The fraction of sp³-hybridized carbons (Fsp3) is 0.467. The minimum atomic E-state index is 0.306. The Bertz CT molecular complexity index is 275. The van der Waals surface area contributed by atoms with Gasteiger partial charge in [-0.05, 0) is 24.3 Å². The topological polar surface area (TPSA) is 0 Å². The lowest BCUT2D eigenvalue weighted by molar-refractivity contribution is 0.506. The van der Waals surface area contributed by atoms with Gasteiger partial charge in [-0.1, -0.05) is 70.2 Å². The minimum absolute atomic E-state index is 0.306. The maximum absolute atomic E-state index is 3.83. The summed E-state index contributed by atoms with van der Waals surface area (Å²) in [4.78, 5) is 0. The molecule has 0 aliphatic carbocycles. The molecule has 0 aliphatic heterocycles. The van der Waals surface area contributed by atoms with Crippen molar-refractivity contribution in [3.63, 3.8) is 0 Å². The van der Waals surface area contributed by atoms with Crippen LogP contribution in [0.4, 0.5) is 0 Å². The molecular formula is C15H24. The van der Waals surface area contributed by atoms with Gasteiger partial charge in [0.2, 0.25) is 0 Å². The fourth-order valence-corrected chi connectivity index (χ4v) is 0.714. The highest BCUT2D eigenvalue weighted by Crippen LogP contribution is 2.21. The Balaban J connectivity index is 0.000000265. The van der Waals surface area contributed by atoms with Crippen molar-refractivity contribution in [1.82, 2.24) is 0 Å². The van der Waals surface area contributed by atoms with Crippen LogP contribution in [-0.2, 0) is 6.42 Å². The molecule has 1 aromatic carbocycles. The Morgan fingerprint density at radius 2 is 1.53 bits per heavy atom. The lowest BCUT2D eigenvalue weighted by Crippen LogP contribution is -2.04. The monoisotopic (exact) mass is 204 g/mol. The van der Waals surface area contributed by atoms with Gasteiger partial charge >= 0.3 is 0 Å². The second-order valence-corrected chi connectivity index (χ2v) is 4.87. The van der Waals surface area contributed by atoms with Crippen LogP contribution in [0.3, 0.4) is 0 Å². The van der Waals surface area contributed by atoms with E-state index in [4.69, 9.17) is 0 Å². The Morgan fingerprint density at radius 1 is 1.13 bits per heavy atom. The number of allylic oxidation sites excluding steroid dienone is 1. The highest BCUT2D eigenvalue weighted by atomic mass is 14.1. The van der Waals surface area contributed by atoms with E-state index < -0.39 is 0 Å². The van der Waals surface area contributed by atoms with Crippen LogP contribution >= 0.6 is 0 Å². The van der Waals surface area contributed by atoms with Crippen LogP contribution < -0.4 is 0 Å². The molecule has 0 spiro atoms. The molecule has 0 nitrogen and oxygen atoms in total. The zero-order valence-electron chi connectivity index (χ0n) is 10.8. The highest BCUT2D eigenvalue weighted by Gasteiger charge is 2.08. The molecule has 15 heavy (non-hydrogen) atoms. The average molecular weight is 204 g/mol. The van der Waals surface area contributed by atoms with Gasteiger partial charge in [-0.2, -0.15) is 0 Å². The molecule has 84 valence electrons. The third-order valence-corrected chi connectivity index (χ3v) is 2.53. The first kappa shape index (κ1) is 14.0. The van der Waals surface area contributed by atoms with E-state index in [-0.39, 0.29) is 0 Å². The standard InChI is InChI=1S/C8H10.C7H14/c1-2-8-6-4-3-5-7-8;1-6(2)7(3,4)5/h3-7H,2H2,1H3;1H2,2-5H3. The Labute approximate surface area is 95.0 Å². The number of benzene rings is 1. The van der Waals surface area contributed by atoms with Crippen LogP contribution in [0.5, 0.6) is 0 Å². The minimum Gasteiger partial charge on any atom is -0.0996 e. The first-order valence-electron chi connectivity index (χ1n) is 5.57. The van der Waals surface area contributed by atoms with E-state index in [2.05, 4.69) is 65.5 Å². The molecule has 0 amide bonds. The Kier molecular flexibility index (Phi) is 6.00. The average Bonchev–Trinajstić information content (AvgIpc) is 2.18. The summed E-state index contributed by atoms with van der Waals surface area (Å²) in [6.07, 6.45) is 1.14. The van der Waals surface area contributed by atoms with E-state index in [1.165, 1.54) is 11.1 Å². The third kappa shape index (κ3) is 6.96. The van der Waals surface area contributed by atoms with E-state index >= 15 is 0 Å². The summed E-state index contributed by atoms with van der Waals surface area (Å²) in [6.45, 7) is 14.5. The zero-order valence-corrected chi connectivity index (χ0v) is 10.8. The molecule has 0 bridgehead atoms. The van der Waals surface area contributed by atoms with E-state index in [1.807, 2.05) is 6.07 Å². The van der Waals surface area contributed by atoms with E-state index in [1.54, 1.807) is 0 Å². The number of hydrogen-bond donors (Lipinski definition) is 0. The van der Waals surface area contributed by atoms with Crippen molar-refractivity contribution < 1.29 is 0 Å². The summed E-state index contributed by atoms with van der Waals surface area (Å²) in [5, 5.41) is 0. The molecular weight excluding hydrogens is 180 g/mol. The normalized spacial score (nSPS) is 10.2. The van der Waals surface area contributed by atoms with Crippen molar-refractivity contribution in [3.8, 4) is 0 Å². The summed E-state index contributed by atoms with van der Waals surface area (Å²) in [5.41, 5.74) is 2.96. The van der Waals surface area contributed by atoms with Gasteiger partial charge in [-0.15, -0.1) is 0 Å². The van der Waals surface area contributed by atoms with Crippen molar-refractivity contribution in [3.05, 3.63) is 48.0 Å². The van der Waals surface area contributed by atoms with Crippen LogP contribution in [0.15, 0.2) is 42.5 Å². The molecule has 1 aromatic rings. The molecule has 0 heterocycles. The van der Waals surface area contributed by atoms with Gasteiger partial charge in [0.05, 0.1) is 0 Å². The number of aryl methyl sites for hydroxylation is 1. The molecule has 0 radical (unpaired) electrons. The molecule has 0 fully saturated rings. The van der Waals surface area contributed by atoms with E-state index in [9.17, 15) is 0 Å². The van der Waals surface area contributed by atoms with Crippen LogP contribution in [0, 0.1) is 5.41 Å². The molecule has 1 rings (SSSR count). The Morgan fingerprint density at radius 3 is 1.73 bits per heavy atom. The molecule has 0 aliphatic rings. The third-order valence-electron chi connectivity index (χ3n) is 2.53. The maximum Gasteiger partial charge on any atom is -0.0178 e. The fourth-order valence-electron chi connectivity index (χ4n) is 0.714. The van der Waals surface area contributed by atoms with E-state index in [0.717, 1.165) is 6.42 Å². The largest absolute Gasteiger partial charge is 0.0996 e. The van der Waals surface area contributed by atoms with Gasteiger partial charge in [0.25, 0.3) is 0 Å². The lowest BCUT2D eigenvalue weighted by Gasteiger charge is -2.16. The highest BCUT2D eigenvalue weighted by molar-refractivity contribution is 5.13. The Hall–Kier alpha value is -1.04. The molecule has 0 N–H and O–H groups in total. The van der Waals surface area contributed by atoms with Crippen LogP contribution in [-0.4, -0.2) is 0 Å². The van der Waals surface area contributed by atoms with Crippen LogP contribution in [0.1, 0.15) is 40.2 Å². The van der Waals surface area contributed by atoms with Gasteiger partial charge < -0.3 is 0 Å². The summed E-state index contributed by atoms with van der Waals surface area (Å²) in [5.74, 6) is 0. The molecule has 0 unspecified atom stereocenters. The van der Waals surface area contributed by atoms with Crippen molar-refractivity contribution in [2.24, 2.45) is 5.41 Å². The summed E-state index contributed by atoms with van der Waals surface area (Å²) >= 11 is 0. The predicted octanol–water partition coefficient (Wildman–Crippen LogP) is 4.86. The van der Waals surface area contributed by atoms with Gasteiger partial charge in [0.15, 0.2) is 0 Å². The summed E-state index contributed by atoms with van der Waals surface area (Å²) in [7, 11) is 0. The molecule has 0 saturated heterocycles. The number of rotatable bonds is 1. The molecule has 0 aromatic heterocycles. The smallest absolute Gasteiger partial charge is 0.0178 e. The van der Waals surface area contributed by atoms with Crippen LogP contribution in [0.2, 0.25) is 0 Å². The quantitative estimate of drug-likeness (QED) is 0.573. The molecule has 0 saturated carbocycles. The molecule has 0 heteroatoms. The first-order valence-corrected chi connectivity index (χ1v) is 5.57. The van der Waals surface area contributed by atoms with Crippen molar-refractivity contribution in [1.29, 1.82) is 0 Å². The first-order chi connectivity index (χ1) is 6.88. The summed E-state index contributed by atoms with van der Waals surface area (Å²) in [6, 6.07) is 10.5. The number of hydrogen-bond acceptors (Lipinski definition) is 0. The van der Waals surface area contributed by atoms with Crippen molar-refractivity contribution in [2.75, 3.05) is 0 Å². The van der Waals surface area contributed by atoms with Gasteiger partial charge in [-0.3, -0.25) is 0 Å². The second kappa shape index (κ2) is 6.44. The van der Waals surface area contributed by atoms with Crippen molar-refractivity contribution >= 4 is 0 Å². The van der Waals surface area contributed by atoms with Gasteiger partial charge in [0, 0.05) is 0 Å². The van der Waals surface area contributed by atoms with E-state index in [0.29, 0.717) is 5.41 Å². The lowest BCUT2D eigenvalue weighted by atomic mass is 9.89. The molecule has 0 atom stereocenters. The van der Waals surface area contributed by atoms with Crippen molar-refractivity contribution in [2.45, 2.75) is 41.0 Å².